The largest absolute Gasteiger partial charge is 0.507 e. The summed E-state index contributed by atoms with van der Waals surface area (Å²) in [7, 11) is 0. The van der Waals surface area contributed by atoms with Crippen LogP contribution in [0, 0.1) is 0 Å². The third kappa shape index (κ3) is 2.23. The highest BCUT2D eigenvalue weighted by Crippen LogP contribution is 2.29. The minimum absolute atomic E-state index is 0.0495. The van der Waals surface area contributed by atoms with E-state index in [1.54, 1.807) is 36.4 Å². The second-order valence-electron chi connectivity index (χ2n) is 3.63. The zero-order valence-electron chi connectivity index (χ0n) is 8.96. The smallest absolute Gasteiger partial charge is 0.150 e. The average molecular weight is 226 g/mol. The fraction of sp³-hybridized carbons (Fsp3) is 0. The Bertz CT molecular complexity index is 556. The van der Waals surface area contributed by atoms with E-state index in [0.29, 0.717) is 23.0 Å². The Morgan fingerprint density at radius 3 is 1.94 bits per heavy atom. The lowest BCUT2D eigenvalue weighted by Crippen LogP contribution is -1.84. The number of rotatable bonds is 3. The lowest BCUT2D eigenvalue weighted by atomic mass is 10.0. The number of hydrogen-bond donors (Lipinski definition) is 1. The fourth-order valence-corrected chi connectivity index (χ4v) is 1.61. The molecule has 0 saturated carbocycles. The van der Waals surface area contributed by atoms with E-state index in [9.17, 15) is 14.7 Å². The zero-order chi connectivity index (χ0) is 12.3. The predicted octanol–water partition coefficient (Wildman–Crippen LogP) is 2.68. The van der Waals surface area contributed by atoms with Gasteiger partial charge in [0.05, 0.1) is 0 Å². The Morgan fingerprint density at radius 2 is 1.41 bits per heavy atom. The Hall–Kier alpha value is -2.42. The summed E-state index contributed by atoms with van der Waals surface area (Å²) in [5.41, 5.74) is 2.44. The maximum Gasteiger partial charge on any atom is 0.150 e. The van der Waals surface area contributed by atoms with Crippen LogP contribution >= 0.6 is 0 Å². The van der Waals surface area contributed by atoms with Gasteiger partial charge in [0.1, 0.15) is 18.3 Å². The molecule has 0 amide bonds. The average Bonchev–Trinajstić information content (AvgIpc) is 2.39. The number of phenols is 1. The summed E-state index contributed by atoms with van der Waals surface area (Å²) in [4.78, 5) is 21.1. The molecule has 0 fully saturated rings. The molecule has 0 spiro atoms. The van der Waals surface area contributed by atoms with Gasteiger partial charge >= 0.3 is 0 Å². The Kier molecular flexibility index (Phi) is 3.01. The van der Waals surface area contributed by atoms with E-state index in [0.717, 1.165) is 11.8 Å². The molecule has 0 aliphatic carbocycles. The van der Waals surface area contributed by atoms with Crippen LogP contribution in [-0.4, -0.2) is 17.7 Å². The predicted molar refractivity (Wildman–Crippen MR) is 64.3 cm³/mol. The van der Waals surface area contributed by atoms with Gasteiger partial charge in [0, 0.05) is 16.7 Å². The minimum Gasteiger partial charge on any atom is -0.507 e. The highest BCUT2D eigenvalue weighted by Gasteiger charge is 2.05. The van der Waals surface area contributed by atoms with Gasteiger partial charge in [0.2, 0.25) is 0 Å². The number of aldehydes is 2. The van der Waals surface area contributed by atoms with Crippen LogP contribution in [0.2, 0.25) is 0 Å². The lowest BCUT2D eigenvalue weighted by molar-refractivity contribution is 0.111. The summed E-state index contributed by atoms with van der Waals surface area (Å²) < 4.78 is 0. The van der Waals surface area contributed by atoms with Crippen LogP contribution in [-0.2, 0) is 0 Å². The lowest BCUT2D eigenvalue weighted by Gasteiger charge is -2.05. The molecule has 3 heteroatoms. The second-order valence-corrected chi connectivity index (χ2v) is 3.63. The SMILES string of the molecule is O=Cc1ccc(-c2ccc(C=O)cc2O)cc1. The van der Waals surface area contributed by atoms with Crippen LogP contribution < -0.4 is 0 Å². The molecule has 0 aliphatic heterocycles. The highest BCUT2D eigenvalue weighted by molar-refractivity contribution is 5.81. The molecule has 0 radical (unpaired) electrons. The molecule has 0 saturated heterocycles. The second kappa shape index (κ2) is 4.61. The van der Waals surface area contributed by atoms with Crippen molar-refractivity contribution >= 4 is 12.6 Å². The van der Waals surface area contributed by atoms with Crippen LogP contribution in [0.1, 0.15) is 20.7 Å². The Morgan fingerprint density at radius 1 is 0.824 bits per heavy atom. The molecular weight excluding hydrogens is 216 g/mol. The van der Waals surface area contributed by atoms with E-state index in [4.69, 9.17) is 0 Å². The van der Waals surface area contributed by atoms with E-state index >= 15 is 0 Å². The van der Waals surface area contributed by atoms with E-state index in [1.165, 1.54) is 6.07 Å². The molecular formula is C14H10O3. The molecule has 84 valence electrons. The first kappa shape index (κ1) is 11.1. The van der Waals surface area contributed by atoms with Crippen LogP contribution in [0.5, 0.6) is 5.75 Å². The molecule has 2 aromatic rings. The summed E-state index contributed by atoms with van der Waals surface area (Å²) in [5.74, 6) is 0.0495. The third-order valence-corrected chi connectivity index (χ3v) is 2.52. The van der Waals surface area contributed by atoms with E-state index in [2.05, 4.69) is 0 Å². The number of aromatic hydroxyl groups is 1. The summed E-state index contributed by atoms with van der Waals surface area (Å²) in [5, 5.41) is 9.77. The van der Waals surface area contributed by atoms with E-state index in [-0.39, 0.29) is 5.75 Å². The van der Waals surface area contributed by atoms with E-state index < -0.39 is 0 Å². The van der Waals surface area contributed by atoms with Crippen molar-refractivity contribution < 1.29 is 14.7 Å². The number of hydrogen-bond acceptors (Lipinski definition) is 3. The quantitative estimate of drug-likeness (QED) is 0.818. The molecule has 0 aliphatic rings. The van der Waals surface area contributed by atoms with Crippen LogP contribution in [0.25, 0.3) is 11.1 Å². The molecule has 0 unspecified atom stereocenters. The van der Waals surface area contributed by atoms with Gasteiger partial charge in [-0.1, -0.05) is 30.3 Å². The molecule has 2 rings (SSSR count). The van der Waals surface area contributed by atoms with Gasteiger partial charge in [-0.05, 0) is 17.7 Å². The summed E-state index contributed by atoms with van der Waals surface area (Å²) in [6, 6.07) is 11.6. The van der Waals surface area contributed by atoms with Crippen LogP contribution in [0.15, 0.2) is 42.5 Å². The van der Waals surface area contributed by atoms with Crippen molar-refractivity contribution in [1.82, 2.24) is 0 Å². The van der Waals surface area contributed by atoms with Crippen LogP contribution in [0.3, 0.4) is 0 Å². The van der Waals surface area contributed by atoms with Gasteiger partial charge in [-0.25, -0.2) is 0 Å². The maximum atomic E-state index is 10.5. The number of phenolic OH excluding ortho intramolecular Hbond substituents is 1. The molecule has 0 atom stereocenters. The van der Waals surface area contributed by atoms with Gasteiger partial charge in [-0.3, -0.25) is 9.59 Å². The van der Waals surface area contributed by atoms with Crippen molar-refractivity contribution in [1.29, 1.82) is 0 Å². The van der Waals surface area contributed by atoms with Crippen molar-refractivity contribution in [3.05, 3.63) is 53.6 Å². The molecule has 0 aromatic heterocycles. The first-order valence-electron chi connectivity index (χ1n) is 5.08. The monoisotopic (exact) mass is 226 g/mol. The van der Waals surface area contributed by atoms with Gasteiger partial charge < -0.3 is 5.11 Å². The molecule has 0 heterocycles. The molecule has 3 nitrogen and oxygen atoms in total. The van der Waals surface area contributed by atoms with Gasteiger partial charge in [-0.2, -0.15) is 0 Å². The number of benzene rings is 2. The first-order chi connectivity index (χ1) is 8.24. The van der Waals surface area contributed by atoms with Crippen molar-refractivity contribution in [3.8, 4) is 16.9 Å². The number of carbonyl (C=O) groups is 2. The molecule has 1 N–H and O–H groups in total. The van der Waals surface area contributed by atoms with Crippen molar-refractivity contribution in [2.75, 3.05) is 0 Å². The van der Waals surface area contributed by atoms with Crippen molar-refractivity contribution in [2.45, 2.75) is 0 Å². The maximum absolute atomic E-state index is 10.5. The van der Waals surface area contributed by atoms with Gasteiger partial charge in [-0.15, -0.1) is 0 Å². The molecule has 2 aromatic carbocycles. The van der Waals surface area contributed by atoms with E-state index in [1.807, 2.05) is 0 Å². The summed E-state index contributed by atoms with van der Waals surface area (Å²) in [6.45, 7) is 0. The highest BCUT2D eigenvalue weighted by atomic mass is 16.3. The minimum atomic E-state index is 0.0495. The molecule has 17 heavy (non-hydrogen) atoms. The third-order valence-electron chi connectivity index (χ3n) is 2.52. The summed E-state index contributed by atoms with van der Waals surface area (Å²) in [6.07, 6.45) is 1.44. The zero-order valence-corrected chi connectivity index (χ0v) is 8.96. The molecule has 0 bridgehead atoms. The standard InChI is InChI=1S/C14H10O3/c15-8-10-1-4-12(5-2-10)13-6-3-11(9-16)7-14(13)17/h1-9,17H. The number of carbonyl (C=O) groups excluding carboxylic acids is 2. The van der Waals surface area contributed by atoms with Crippen molar-refractivity contribution in [2.24, 2.45) is 0 Å². The van der Waals surface area contributed by atoms with Gasteiger partial charge in [0.25, 0.3) is 0 Å². The first-order valence-corrected chi connectivity index (χ1v) is 5.08. The van der Waals surface area contributed by atoms with Crippen molar-refractivity contribution in [3.63, 3.8) is 0 Å². The topological polar surface area (TPSA) is 54.4 Å². The van der Waals surface area contributed by atoms with Crippen LogP contribution in [0.4, 0.5) is 0 Å². The summed E-state index contributed by atoms with van der Waals surface area (Å²) >= 11 is 0. The fourth-order valence-electron chi connectivity index (χ4n) is 1.61. The van der Waals surface area contributed by atoms with Gasteiger partial charge in [0.15, 0.2) is 0 Å². The normalized spacial score (nSPS) is 9.88. The Labute approximate surface area is 98.3 Å². The Balaban J connectivity index is 2.45.